The van der Waals surface area contributed by atoms with Crippen molar-refractivity contribution in [2.75, 3.05) is 0 Å². The van der Waals surface area contributed by atoms with E-state index in [1.807, 2.05) is 0 Å². The van der Waals surface area contributed by atoms with Gasteiger partial charge in [-0.15, -0.1) is 0 Å². The summed E-state index contributed by atoms with van der Waals surface area (Å²) >= 11 is 0. The van der Waals surface area contributed by atoms with E-state index in [-0.39, 0.29) is 120 Å². The summed E-state index contributed by atoms with van der Waals surface area (Å²) < 4.78 is 0. The van der Waals surface area contributed by atoms with Crippen LogP contribution in [-0.4, -0.2) is 35.8 Å². The zero-order valence-electron chi connectivity index (χ0n) is 25.9. The largest absolute Gasteiger partial charge is 3.00 e. The number of hydrogen-bond acceptors (Lipinski definition) is 12. The molecule has 0 saturated heterocycles. The Balaban J connectivity index is -0.000000169. The van der Waals surface area contributed by atoms with Gasteiger partial charge in [0.25, 0.3) is 0 Å². The van der Waals surface area contributed by atoms with Crippen molar-refractivity contribution in [1.29, 1.82) is 0 Å². The second-order valence-corrected chi connectivity index (χ2v) is 10.1. The minimum absolute atomic E-state index is 0. The molecule has 0 aliphatic carbocycles. The SMILES string of the molecule is O=C([O-])CCCCCCCCC(=O)[O-].O=C([O-])CCCCCCCCC(=O)[O-].O=C([O-])CCCCCCCCC(=O)[O-].[Nd+3].[Nd+3]. The van der Waals surface area contributed by atoms with Crippen LogP contribution >= 0.6 is 0 Å². The van der Waals surface area contributed by atoms with Crippen molar-refractivity contribution in [1.82, 2.24) is 0 Å². The molecule has 248 valence electrons. The zero-order chi connectivity index (χ0) is 32.4. The maximum atomic E-state index is 10.0. The second-order valence-electron chi connectivity index (χ2n) is 10.1. The first-order valence-electron chi connectivity index (χ1n) is 15.1. The Kier molecular flexibility index (Phi) is 51.2. The summed E-state index contributed by atoms with van der Waals surface area (Å²) in [6.07, 6.45) is 15.7. The average molecular weight is 889 g/mol. The Morgan fingerprint density at radius 3 is 0.409 bits per heavy atom. The van der Waals surface area contributed by atoms with E-state index < -0.39 is 35.8 Å². The molecule has 0 aromatic carbocycles. The van der Waals surface area contributed by atoms with Crippen LogP contribution in [0.1, 0.15) is 154 Å². The Hall–Kier alpha value is -0.479. The zero-order valence-corrected chi connectivity index (χ0v) is 32.3. The molecular weight excluding hydrogens is 841 g/mol. The normalized spacial score (nSPS) is 9.55. The van der Waals surface area contributed by atoms with Crippen molar-refractivity contribution in [3.63, 3.8) is 0 Å². The summed E-state index contributed by atoms with van der Waals surface area (Å²) in [4.78, 5) is 60.2. The molecule has 0 aliphatic heterocycles. The molecule has 14 heteroatoms. The maximum absolute atomic E-state index is 10.0. The third-order valence-electron chi connectivity index (χ3n) is 6.04. The number of carboxylic acid groups (broad SMARTS) is 6. The molecule has 0 aliphatic rings. The molecule has 0 aromatic heterocycles. The van der Waals surface area contributed by atoms with Gasteiger partial charge in [0.2, 0.25) is 0 Å². The molecule has 0 atom stereocenters. The monoisotopic (exact) mass is 884 g/mol. The van der Waals surface area contributed by atoms with Crippen LogP contribution in [-0.2, 0) is 28.8 Å². The van der Waals surface area contributed by atoms with E-state index in [4.69, 9.17) is 0 Å². The van der Waals surface area contributed by atoms with Crippen molar-refractivity contribution >= 4 is 35.8 Å². The third-order valence-corrected chi connectivity index (χ3v) is 6.04. The number of carboxylic acids is 6. The number of carbonyl (C=O) groups is 6. The van der Waals surface area contributed by atoms with E-state index in [0.29, 0.717) is 38.5 Å². The topological polar surface area (TPSA) is 241 Å². The van der Waals surface area contributed by atoms with Gasteiger partial charge < -0.3 is 59.4 Å². The van der Waals surface area contributed by atoms with Crippen molar-refractivity contribution in [3.8, 4) is 0 Å². The van der Waals surface area contributed by atoms with Crippen LogP contribution in [0.3, 0.4) is 0 Å². The molecule has 0 unspecified atom stereocenters. The van der Waals surface area contributed by atoms with Crippen LogP contribution in [0.5, 0.6) is 0 Å². The smallest absolute Gasteiger partial charge is 0.550 e. The van der Waals surface area contributed by atoms with Crippen molar-refractivity contribution < 1.29 is 141 Å². The number of unbranched alkanes of at least 4 members (excludes halogenated alkanes) is 15. The molecule has 0 spiro atoms. The summed E-state index contributed by atoms with van der Waals surface area (Å²) in [6.45, 7) is 0. The van der Waals surface area contributed by atoms with Crippen molar-refractivity contribution in [2.45, 2.75) is 154 Å². The number of aliphatic carboxylic acids is 6. The molecule has 12 nitrogen and oxygen atoms in total. The Labute approximate surface area is 327 Å². The van der Waals surface area contributed by atoms with Gasteiger partial charge >= 0.3 is 81.7 Å². The average Bonchev–Trinajstić information content (AvgIpc) is 2.88. The molecule has 0 saturated carbocycles. The van der Waals surface area contributed by atoms with Gasteiger partial charge in [0, 0.05) is 35.8 Å². The molecule has 0 rings (SSSR count). The Morgan fingerprint density at radius 1 is 0.227 bits per heavy atom. The molecule has 0 aromatic rings. The molecule has 0 heterocycles. The molecule has 0 amide bonds. The van der Waals surface area contributed by atoms with Crippen LogP contribution in [0, 0.1) is 81.7 Å². The van der Waals surface area contributed by atoms with Gasteiger partial charge in [0.05, 0.1) is 0 Å². The van der Waals surface area contributed by atoms with E-state index in [1.165, 1.54) is 0 Å². The predicted molar refractivity (Wildman–Crippen MR) is 141 cm³/mol. The summed E-state index contributed by atoms with van der Waals surface area (Å²) in [7, 11) is 0. The molecular formula is C30H48Nd2O12. The molecule has 2 radical (unpaired) electrons. The summed E-state index contributed by atoms with van der Waals surface area (Å²) in [6, 6.07) is 0. The van der Waals surface area contributed by atoms with E-state index in [9.17, 15) is 59.4 Å². The molecule has 44 heavy (non-hydrogen) atoms. The first-order chi connectivity index (χ1) is 19.9. The quantitative estimate of drug-likeness (QED) is 0.0887. The van der Waals surface area contributed by atoms with E-state index >= 15 is 0 Å². The number of carbonyl (C=O) groups excluding carboxylic acids is 6. The Morgan fingerprint density at radius 2 is 0.318 bits per heavy atom. The fourth-order valence-electron chi connectivity index (χ4n) is 3.74. The van der Waals surface area contributed by atoms with Gasteiger partial charge in [-0.25, -0.2) is 0 Å². The van der Waals surface area contributed by atoms with Crippen molar-refractivity contribution in [2.24, 2.45) is 0 Å². The number of hydrogen-bond donors (Lipinski definition) is 0. The summed E-state index contributed by atoms with van der Waals surface area (Å²) in [5.41, 5.74) is 0. The van der Waals surface area contributed by atoms with Crippen LogP contribution < -0.4 is 30.6 Å². The number of rotatable bonds is 27. The van der Waals surface area contributed by atoms with Gasteiger partial charge in [-0.05, 0) is 77.0 Å². The summed E-state index contributed by atoms with van der Waals surface area (Å²) in [5.74, 6) is -5.99. The van der Waals surface area contributed by atoms with Crippen LogP contribution in [0.25, 0.3) is 0 Å². The standard InChI is InChI=1S/3C10H18O4.2Nd/c3*11-9(12)7-5-3-1-2-4-6-8-10(13)14;;/h3*1-8H2,(H,11,12)(H,13,14);;/q;;;2*+3/p-6. The van der Waals surface area contributed by atoms with Gasteiger partial charge in [-0.1, -0.05) is 77.0 Å². The van der Waals surface area contributed by atoms with Crippen LogP contribution in [0.15, 0.2) is 0 Å². The van der Waals surface area contributed by atoms with Gasteiger partial charge in [-0.2, -0.15) is 0 Å². The molecule has 0 N–H and O–H groups in total. The minimum Gasteiger partial charge on any atom is -0.550 e. The van der Waals surface area contributed by atoms with Gasteiger partial charge in [-0.3, -0.25) is 0 Å². The van der Waals surface area contributed by atoms with Crippen molar-refractivity contribution in [3.05, 3.63) is 0 Å². The fraction of sp³-hybridized carbons (Fsp3) is 0.800. The predicted octanol–water partition coefficient (Wildman–Crippen LogP) is -1.18. The van der Waals surface area contributed by atoms with Gasteiger partial charge in [0.1, 0.15) is 0 Å². The molecule has 0 fully saturated rings. The van der Waals surface area contributed by atoms with Crippen LogP contribution in [0.2, 0.25) is 0 Å². The van der Waals surface area contributed by atoms with E-state index in [1.54, 1.807) is 0 Å². The fourth-order valence-corrected chi connectivity index (χ4v) is 3.74. The molecule has 0 bridgehead atoms. The first-order valence-corrected chi connectivity index (χ1v) is 15.1. The minimum atomic E-state index is -0.998. The second kappa shape index (κ2) is 42.5. The van der Waals surface area contributed by atoms with Gasteiger partial charge in [0.15, 0.2) is 0 Å². The maximum Gasteiger partial charge on any atom is 3.00 e. The van der Waals surface area contributed by atoms with Crippen LogP contribution in [0.4, 0.5) is 0 Å². The van der Waals surface area contributed by atoms with E-state index in [2.05, 4.69) is 0 Å². The Bertz CT molecular complexity index is 578. The first kappa shape index (κ1) is 53.0. The van der Waals surface area contributed by atoms with E-state index in [0.717, 1.165) is 77.0 Å². The third kappa shape index (κ3) is 64.5. The summed E-state index contributed by atoms with van der Waals surface area (Å²) in [5, 5.41) is 60.2.